The summed E-state index contributed by atoms with van der Waals surface area (Å²) in [6, 6.07) is 5.71. The van der Waals surface area contributed by atoms with Gasteiger partial charge in [-0.05, 0) is 76.6 Å². The van der Waals surface area contributed by atoms with Crippen molar-refractivity contribution in [2.24, 2.45) is 5.92 Å². The highest BCUT2D eigenvalue weighted by Crippen LogP contribution is 2.33. The van der Waals surface area contributed by atoms with Gasteiger partial charge in [0.15, 0.2) is 0 Å². The van der Waals surface area contributed by atoms with Crippen molar-refractivity contribution in [3.8, 4) is 0 Å². The molecule has 4 nitrogen and oxygen atoms in total. The number of unbranched alkanes of at least 4 members (excludes halogenated alkanes) is 1. The summed E-state index contributed by atoms with van der Waals surface area (Å²) in [6.07, 6.45) is 12.3. The zero-order valence-electron chi connectivity index (χ0n) is 22.5. The molecule has 1 amide bonds. The minimum atomic E-state index is -0.0757. The third-order valence-corrected chi connectivity index (χ3v) is 8.01. The summed E-state index contributed by atoms with van der Waals surface area (Å²) >= 11 is 14.2. The molecule has 0 radical (unpaired) electrons. The van der Waals surface area contributed by atoms with Gasteiger partial charge in [0, 0.05) is 23.0 Å². The topological polar surface area (TPSA) is 44.4 Å². The Morgan fingerprint density at radius 2 is 1.97 bits per heavy atom. The number of thioether (sulfide) groups is 1. The summed E-state index contributed by atoms with van der Waals surface area (Å²) in [5, 5.41) is 8.16. The maximum atomic E-state index is 13.1. The second-order valence-electron chi connectivity index (χ2n) is 9.74. The van der Waals surface area contributed by atoms with E-state index >= 15 is 0 Å². The third-order valence-electron chi connectivity index (χ3n) is 6.12. The van der Waals surface area contributed by atoms with Crippen LogP contribution in [0.15, 0.2) is 51.8 Å². The van der Waals surface area contributed by atoms with Gasteiger partial charge in [-0.25, -0.2) is 0 Å². The Morgan fingerprint density at radius 1 is 1.22 bits per heavy atom. The van der Waals surface area contributed by atoms with E-state index in [9.17, 15) is 4.79 Å². The normalized spacial score (nSPS) is 14.9. The lowest BCUT2D eigenvalue weighted by molar-refractivity contribution is -0.117. The lowest BCUT2D eigenvalue weighted by Gasteiger charge is -2.27. The number of rotatable bonds is 15. The minimum absolute atomic E-state index is 0.0163. The van der Waals surface area contributed by atoms with Crippen LogP contribution in [0, 0.1) is 5.92 Å². The molecule has 1 aliphatic rings. The Morgan fingerprint density at radius 3 is 2.61 bits per heavy atom. The van der Waals surface area contributed by atoms with E-state index in [2.05, 4.69) is 55.4 Å². The number of benzene rings is 1. The van der Waals surface area contributed by atoms with Crippen LogP contribution < -0.4 is 15.5 Å². The molecule has 1 aromatic carbocycles. The summed E-state index contributed by atoms with van der Waals surface area (Å²) in [6.45, 7) is 13.3. The van der Waals surface area contributed by atoms with Gasteiger partial charge >= 0.3 is 0 Å². The van der Waals surface area contributed by atoms with Crippen LogP contribution in [-0.2, 0) is 4.79 Å². The van der Waals surface area contributed by atoms with Gasteiger partial charge in [-0.1, -0.05) is 86.0 Å². The number of amides is 1. The number of hydrogen-bond acceptors (Lipinski definition) is 4. The van der Waals surface area contributed by atoms with Crippen LogP contribution in [0.4, 0.5) is 5.69 Å². The monoisotopic (exact) mass is 551 g/mol. The van der Waals surface area contributed by atoms with Gasteiger partial charge in [-0.3, -0.25) is 10.1 Å². The number of allylic oxidation sites excluding steroid dienone is 4. The standard InChI is InChI=1S/C29H43Cl2N3OS/c1-6-8-17-34(25-15-14-23(30)20-24(25)31)18-11-16-32-28(19-21(3)4)33-29(35)26(7-2)36-27-13-10-9-12-22(27)5/h7,10,13-15,20-21,28,32H,6,8-9,11-12,16-19H2,1-5H3,(H,33,35)/b26-7-. The zero-order chi connectivity index (χ0) is 26.5. The van der Waals surface area contributed by atoms with Crippen molar-refractivity contribution < 1.29 is 4.79 Å². The first-order valence-corrected chi connectivity index (χ1v) is 14.8. The largest absolute Gasteiger partial charge is 0.370 e. The van der Waals surface area contributed by atoms with Crippen molar-refractivity contribution >= 4 is 46.6 Å². The number of hydrogen-bond donors (Lipinski definition) is 2. The Bertz CT molecular complexity index is 942. The average molecular weight is 553 g/mol. The maximum absolute atomic E-state index is 13.1. The van der Waals surface area contributed by atoms with Crippen LogP contribution in [-0.4, -0.2) is 31.7 Å². The van der Waals surface area contributed by atoms with Crippen LogP contribution >= 0.6 is 35.0 Å². The van der Waals surface area contributed by atoms with E-state index in [-0.39, 0.29) is 12.1 Å². The highest BCUT2D eigenvalue weighted by atomic mass is 35.5. The van der Waals surface area contributed by atoms with Gasteiger partial charge in [0.25, 0.3) is 5.91 Å². The van der Waals surface area contributed by atoms with Gasteiger partial charge in [-0.15, -0.1) is 0 Å². The fourth-order valence-corrected chi connectivity index (χ4v) is 5.59. The molecule has 0 spiro atoms. The van der Waals surface area contributed by atoms with Crippen molar-refractivity contribution in [1.29, 1.82) is 0 Å². The van der Waals surface area contributed by atoms with Crippen molar-refractivity contribution in [3.05, 3.63) is 61.9 Å². The SMILES string of the molecule is C/C=C(\SC1=C(C)CCC=C1)C(=O)NC(CC(C)C)NCCCN(CCCC)c1ccc(Cl)cc1Cl. The summed E-state index contributed by atoms with van der Waals surface area (Å²) in [5.41, 5.74) is 2.37. The van der Waals surface area contributed by atoms with Gasteiger partial charge < -0.3 is 10.2 Å². The summed E-state index contributed by atoms with van der Waals surface area (Å²) in [7, 11) is 0. The molecular formula is C29H43Cl2N3OS. The predicted molar refractivity (Wildman–Crippen MR) is 160 cm³/mol. The molecule has 2 rings (SSSR count). The van der Waals surface area contributed by atoms with E-state index in [4.69, 9.17) is 23.2 Å². The second kappa shape index (κ2) is 16.4. The molecule has 0 fully saturated rings. The number of nitrogens with one attached hydrogen (secondary N) is 2. The van der Waals surface area contributed by atoms with E-state index in [0.29, 0.717) is 16.0 Å². The second-order valence-corrected chi connectivity index (χ2v) is 11.7. The van der Waals surface area contributed by atoms with Crippen LogP contribution in [0.5, 0.6) is 0 Å². The summed E-state index contributed by atoms with van der Waals surface area (Å²) in [5.74, 6) is 0.446. The number of carbonyl (C=O) groups excluding carboxylic acids is 1. The van der Waals surface area contributed by atoms with E-state index < -0.39 is 0 Å². The molecule has 1 aromatic rings. The van der Waals surface area contributed by atoms with Crippen LogP contribution in [0.2, 0.25) is 10.0 Å². The lowest BCUT2D eigenvalue weighted by Crippen LogP contribution is -2.47. The molecule has 0 saturated carbocycles. The van der Waals surface area contributed by atoms with E-state index in [0.717, 1.165) is 68.8 Å². The zero-order valence-corrected chi connectivity index (χ0v) is 24.8. The molecule has 1 aliphatic carbocycles. The maximum Gasteiger partial charge on any atom is 0.258 e. The molecule has 1 atom stereocenters. The fourth-order valence-electron chi connectivity index (χ4n) is 4.11. The number of carbonyl (C=O) groups is 1. The van der Waals surface area contributed by atoms with Gasteiger partial charge in [-0.2, -0.15) is 0 Å². The summed E-state index contributed by atoms with van der Waals surface area (Å²) < 4.78 is 0. The van der Waals surface area contributed by atoms with Gasteiger partial charge in [0.2, 0.25) is 0 Å². The van der Waals surface area contributed by atoms with Crippen molar-refractivity contribution in [1.82, 2.24) is 10.6 Å². The minimum Gasteiger partial charge on any atom is -0.370 e. The van der Waals surface area contributed by atoms with Gasteiger partial charge in [0.1, 0.15) is 0 Å². The molecule has 0 heterocycles. The first kappa shape index (κ1) is 30.8. The Kier molecular flexibility index (Phi) is 14.1. The number of halogens is 2. The first-order chi connectivity index (χ1) is 17.2. The van der Waals surface area contributed by atoms with Crippen LogP contribution in [0.25, 0.3) is 0 Å². The number of anilines is 1. The Balaban J connectivity index is 1.95. The first-order valence-electron chi connectivity index (χ1n) is 13.2. The van der Waals surface area contributed by atoms with Crippen molar-refractivity contribution in [2.75, 3.05) is 24.5 Å². The van der Waals surface area contributed by atoms with Crippen molar-refractivity contribution in [2.45, 2.75) is 79.3 Å². The smallest absolute Gasteiger partial charge is 0.258 e. The molecule has 0 bridgehead atoms. The van der Waals surface area contributed by atoms with Crippen molar-refractivity contribution in [3.63, 3.8) is 0 Å². The number of nitrogens with zero attached hydrogens (tertiary/aromatic N) is 1. The van der Waals surface area contributed by atoms with E-state index in [1.165, 1.54) is 10.5 Å². The Hall–Kier alpha value is -1.40. The van der Waals surface area contributed by atoms with Gasteiger partial charge in [0.05, 0.1) is 21.8 Å². The quantitative estimate of drug-likeness (QED) is 0.130. The molecule has 0 saturated heterocycles. The molecule has 1 unspecified atom stereocenters. The fraction of sp³-hybridized carbons (Fsp3) is 0.552. The molecule has 200 valence electrons. The molecular weight excluding hydrogens is 509 g/mol. The molecule has 36 heavy (non-hydrogen) atoms. The van der Waals surface area contributed by atoms with E-state index in [1.54, 1.807) is 17.8 Å². The molecule has 2 N–H and O–H groups in total. The van der Waals surface area contributed by atoms with Crippen LogP contribution in [0.1, 0.15) is 73.1 Å². The molecule has 0 aromatic heterocycles. The highest BCUT2D eigenvalue weighted by molar-refractivity contribution is 8.07. The lowest BCUT2D eigenvalue weighted by atomic mass is 10.1. The Labute approximate surface area is 233 Å². The van der Waals surface area contributed by atoms with Crippen LogP contribution in [0.3, 0.4) is 0 Å². The summed E-state index contributed by atoms with van der Waals surface area (Å²) in [4.78, 5) is 17.4. The predicted octanol–water partition coefficient (Wildman–Crippen LogP) is 8.33. The third kappa shape index (κ3) is 10.5. The molecule has 7 heteroatoms. The van der Waals surface area contributed by atoms with E-state index in [1.807, 2.05) is 25.1 Å². The molecule has 0 aliphatic heterocycles. The average Bonchev–Trinajstić information content (AvgIpc) is 2.83. The highest BCUT2D eigenvalue weighted by Gasteiger charge is 2.19.